The molecule has 0 bridgehead atoms. The van der Waals surface area contributed by atoms with Gasteiger partial charge in [-0.15, -0.1) is 0 Å². The van der Waals surface area contributed by atoms with Crippen LogP contribution >= 0.6 is 0 Å². The summed E-state index contributed by atoms with van der Waals surface area (Å²) in [5, 5.41) is 3.15. The fraction of sp³-hybridized carbons (Fsp3) is 1.00. The van der Waals surface area contributed by atoms with Gasteiger partial charge in [-0.2, -0.15) is 0 Å². The van der Waals surface area contributed by atoms with Crippen LogP contribution in [0, 0.1) is 0 Å². The van der Waals surface area contributed by atoms with Crippen molar-refractivity contribution in [1.29, 1.82) is 0 Å². The maximum Gasteiger partial charge on any atom is 0.211 e. The highest BCUT2D eigenvalue weighted by atomic mass is 32.2. The third-order valence-electron chi connectivity index (χ3n) is 2.83. The van der Waals surface area contributed by atoms with Gasteiger partial charge in [-0.05, 0) is 12.8 Å². The first-order valence-electron chi connectivity index (χ1n) is 5.55. The highest BCUT2D eigenvalue weighted by Crippen LogP contribution is 2.12. The number of sulfone groups is 1. The lowest BCUT2D eigenvalue weighted by atomic mass is 10.1. The van der Waals surface area contributed by atoms with Crippen molar-refractivity contribution in [3.05, 3.63) is 0 Å². The van der Waals surface area contributed by atoms with Crippen LogP contribution in [0.4, 0.5) is 0 Å². The molecule has 1 N–H and O–H groups in total. The minimum Gasteiger partial charge on any atom is -0.313 e. The maximum absolute atomic E-state index is 11.3. The molecule has 0 saturated carbocycles. The number of piperidine rings is 1. The number of nitrogens with zero attached hydrogens (tertiary/aromatic N) is 1. The Morgan fingerprint density at radius 3 is 2.06 bits per heavy atom. The van der Waals surface area contributed by atoms with Crippen LogP contribution in [0.2, 0.25) is 0 Å². The van der Waals surface area contributed by atoms with Crippen LogP contribution < -0.4 is 5.32 Å². The molecule has 0 aromatic carbocycles. The number of hydrogen-bond acceptors (Lipinski definition) is 5. The van der Waals surface area contributed by atoms with Crippen molar-refractivity contribution in [2.45, 2.75) is 18.9 Å². The van der Waals surface area contributed by atoms with E-state index in [0.717, 1.165) is 12.8 Å². The topological polar surface area (TPSA) is 83.6 Å². The fourth-order valence-corrected chi connectivity index (χ4v) is 3.20. The van der Waals surface area contributed by atoms with Gasteiger partial charge in [-0.3, -0.25) is 0 Å². The zero-order chi connectivity index (χ0) is 13.1. The maximum atomic E-state index is 11.3. The molecular weight excluding hydrogens is 264 g/mol. The number of sulfonamides is 1. The summed E-state index contributed by atoms with van der Waals surface area (Å²) in [6, 6.07) is 0.217. The van der Waals surface area contributed by atoms with E-state index in [1.165, 1.54) is 16.8 Å². The van der Waals surface area contributed by atoms with E-state index >= 15 is 0 Å². The molecule has 0 amide bonds. The average molecular weight is 284 g/mol. The van der Waals surface area contributed by atoms with Crippen molar-refractivity contribution < 1.29 is 16.8 Å². The van der Waals surface area contributed by atoms with Crippen molar-refractivity contribution in [3.8, 4) is 0 Å². The van der Waals surface area contributed by atoms with E-state index in [-0.39, 0.29) is 11.8 Å². The van der Waals surface area contributed by atoms with Crippen LogP contribution in [-0.2, 0) is 19.9 Å². The van der Waals surface area contributed by atoms with Gasteiger partial charge in [-0.1, -0.05) is 0 Å². The highest BCUT2D eigenvalue weighted by Gasteiger charge is 2.24. The first kappa shape index (κ1) is 14.9. The molecule has 17 heavy (non-hydrogen) atoms. The lowest BCUT2D eigenvalue weighted by Crippen LogP contribution is -2.45. The quantitative estimate of drug-likeness (QED) is 0.703. The lowest BCUT2D eigenvalue weighted by Gasteiger charge is -2.30. The van der Waals surface area contributed by atoms with Crippen LogP contribution in [-0.4, -0.2) is 65.1 Å². The Labute approximate surface area is 103 Å². The summed E-state index contributed by atoms with van der Waals surface area (Å²) in [6.45, 7) is 1.45. The summed E-state index contributed by atoms with van der Waals surface area (Å²) in [6.07, 6.45) is 3.89. The predicted molar refractivity (Wildman–Crippen MR) is 67.2 cm³/mol. The van der Waals surface area contributed by atoms with E-state index in [4.69, 9.17) is 0 Å². The molecule has 1 rings (SSSR count). The molecule has 1 fully saturated rings. The van der Waals surface area contributed by atoms with Crippen molar-refractivity contribution in [2.75, 3.05) is 37.9 Å². The molecule has 0 unspecified atom stereocenters. The van der Waals surface area contributed by atoms with Crippen LogP contribution in [0.25, 0.3) is 0 Å². The molecule has 1 saturated heterocycles. The fourth-order valence-electron chi connectivity index (χ4n) is 1.84. The lowest BCUT2D eigenvalue weighted by molar-refractivity contribution is 0.294. The van der Waals surface area contributed by atoms with Gasteiger partial charge < -0.3 is 5.32 Å². The smallest absolute Gasteiger partial charge is 0.211 e. The van der Waals surface area contributed by atoms with E-state index in [1.807, 2.05) is 0 Å². The van der Waals surface area contributed by atoms with Gasteiger partial charge in [0.15, 0.2) is 0 Å². The van der Waals surface area contributed by atoms with Crippen LogP contribution in [0.5, 0.6) is 0 Å². The molecule has 0 aromatic heterocycles. The molecule has 1 aliphatic heterocycles. The second kappa shape index (κ2) is 5.64. The SMILES string of the molecule is CS(=O)(=O)CCNC1CCN(S(C)(=O)=O)CC1. The van der Waals surface area contributed by atoms with E-state index in [0.29, 0.717) is 19.6 Å². The van der Waals surface area contributed by atoms with Crippen LogP contribution in [0.3, 0.4) is 0 Å². The molecular formula is C9H20N2O4S2. The van der Waals surface area contributed by atoms with Gasteiger partial charge in [0.25, 0.3) is 0 Å². The largest absolute Gasteiger partial charge is 0.313 e. The van der Waals surface area contributed by atoms with Gasteiger partial charge in [0.2, 0.25) is 10.0 Å². The van der Waals surface area contributed by atoms with E-state index < -0.39 is 19.9 Å². The van der Waals surface area contributed by atoms with Gasteiger partial charge >= 0.3 is 0 Å². The molecule has 8 heteroatoms. The summed E-state index contributed by atoms with van der Waals surface area (Å²) < 4.78 is 45.8. The molecule has 6 nitrogen and oxygen atoms in total. The van der Waals surface area contributed by atoms with Crippen molar-refractivity contribution >= 4 is 19.9 Å². The molecule has 0 atom stereocenters. The Bertz CT molecular complexity index is 433. The van der Waals surface area contributed by atoms with Gasteiger partial charge in [0.1, 0.15) is 9.84 Å². The Morgan fingerprint density at radius 2 is 1.65 bits per heavy atom. The van der Waals surface area contributed by atoms with Crippen molar-refractivity contribution in [2.24, 2.45) is 0 Å². The Hall–Kier alpha value is -0.180. The first-order valence-corrected chi connectivity index (χ1v) is 9.45. The summed E-state index contributed by atoms with van der Waals surface area (Å²) >= 11 is 0. The predicted octanol–water partition coefficient (Wildman–Crippen LogP) is -0.955. The zero-order valence-electron chi connectivity index (χ0n) is 10.2. The van der Waals surface area contributed by atoms with Crippen LogP contribution in [0.15, 0.2) is 0 Å². The minimum absolute atomic E-state index is 0.124. The average Bonchev–Trinajstić information content (AvgIpc) is 2.15. The minimum atomic E-state index is -3.08. The monoisotopic (exact) mass is 284 g/mol. The third-order valence-corrected chi connectivity index (χ3v) is 5.08. The summed E-state index contributed by atoms with van der Waals surface area (Å²) in [4.78, 5) is 0. The van der Waals surface area contributed by atoms with Crippen LogP contribution in [0.1, 0.15) is 12.8 Å². The summed E-state index contributed by atoms with van der Waals surface area (Å²) in [5.74, 6) is 0.124. The van der Waals surface area contributed by atoms with Gasteiger partial charge in [0.05, 0.1) is 12.0 Å². The van der Waals surface area contributed by atoms with Crippen molar-refractivity contribution in [3.63, 3.8) is 0 Å². The van der Waals surface area contributed by atoms with E-state index in [1.54, 1.807) is 0 Å². The molecule has 1 heterocycles. The summed E-state index contributed by atoms with van der Waals surface area (Å²) in [5.41, 5.74) is 0. The number of nitrogens with one attached hydrogen (secondary N) is 1. The Balaban J connectivity index is 2.29. The second-order valence-corrected chi connectivity index (χ2v) is 8.76. The standard InChI is InChI=1S/C9H20N2O4S2/c1-16(12,13)8-5-10-9-3-6-11(7-4-9)17(2,14)15/h9-10H,3-8H2,1-2H3. The Morgan fingerprint density at radius 1 is 1.12 bits per heavy atom. The summed E-state index contributed by atoms with van der Waals surface area (Å²) in [7, 11) is -6.01. The first-order chi connectivity index (χ1) is 7.68. The van der Waals surface area contributed by atoms with E-state index in [2.05, 4.69) is 5.32 Å². The Kier molecular flexibility index (Phi) is 4.94. The van der Waals surface area contributed by atoms with Gasteiger partial charge in [0, 0.05) is 31.9 Å². The number of hydrogen-bond donors (Lipinski definition) is 1. The number of rotatable bonds is 5. The molecule has 0 radical (unpaired) electrons. The van der Waals surface area contributed by atoms with Crippen molar-refractivity contribution in [1.82, 2.24) is 9.62 Å². The van der Waals surface area contributed by atoms with Gasteiger partial charge in [-0.25, -0.2) is 21.1 Å². The molecule has 0 spiro atoms. The highest BCUT2D eigenvalue weighted by molar-refractivity contribution is 7.90. The molecule has 1 aliphatic rings. The zero-order valence-corrected chi connectivity index (χ0v) is 11.8. The molecule has 102 valence electrons. The van der Waals surface area contributed by atoms with E-state index in [9.17, 15) is 16.8 Å². The second-order valence-electron chi connectivity index (χ2n) is 4.52. The molecule has 0 aliphatic carbocycles. The molecule has 0 aromatic rings. The third kappa shape index (κ3) is 5.80. The normalized spacial score (nSPS) is 20.6.